The topological polar surface area (TPSA) is 60.1 Å². The number of aryl methyl sites for hydroxylation is 1. The molecule has 0 aliphatic carbocycles. The van der Waals surface area contributed by atoms with Gasteiger partial charge in [0.2, 0.25) is 0 Å². The number of rotatable bonds is 5. The lowest BCUT2D eigenvalue weighted by Crippen LogP contribution is -2.23. The predicted molar refractivity (Wildman–Crippen MR) is 134 cm³/mol. The zero-order chi connectivity index (χ0) is 22.9. The summed E-state index contributed by atoms with van der Waals surface area (Å²) >= 11 is 9.54. The second-order valence-corrected chi connectivity index (χ2v) is 9.02. The lowest BCUT2D eigenvalue weighted by Gasteiger charge is -2.05. The zero-order valence-corrected chi connectivity index (χ0v) is 20.0. The van der Waals surface area contributed by atoms with Crippen molar-refractivity contribution in [1.29, 1.82) is 0 Å². The standard InChI is InChI=1S/C26H19BrClN3O2/c1-16-22-13-19(27)9-12-23(22)33-25(16)26(32)29-14-18-15-31(21-5-3-2-4-6-21)30-24(18)17-7-10-20(28)11-8-17/h2-13,15H,14H2,1H3,(H,29,32). The molecule has 0 aliphatic heterocycles. The SMILES string of the molecule is Cc1c(C(=O)NCc2cn(-c3ccccc3)nc2-c2ccc(Cl)cc2)oc2ccc(Br)cc12. The van der Waals surface area contributed by atoms with Crippen molar-refractivity contribution < 1.29 is 9.21 Å². The highest BCUT2D eigenvalue weighted by Gasteiger charge is 2.19. The van der Waals surface area contributed by atoms with Crippen molar-refractivity contribution in [2.45, 2.75) is 13.5 Å². The summed E-state index contributed by atoms with van der Waals surface area (Å²) in [5, 5.41) is 9.35. The fourth-order valence-corrected chi connectivity index (χ4v) is 4.26. The van der Waals surface area contributed by atoms with Crippen LogP contribution in [-0.2, 0) is 6.54 Å². The maximum atomic E-state index is 13.0. The number of hydrogen-bond donors (Lipinski definition) is 1. The molecule has 5 nitrogen and oxygen atoms in total. The van der Waals surface area contributed by atoms with Crippen molar-refractivity contribution in [3.63, 3.8) is 0 Å². The summed E-state index contributed by atoms with van der Waals surface area (Å²) in [6.07, 6.45) is 1.93. The molecule has 0 spiro atoms. The number of halogens is 2. The number of aromatic nitrogens is 2. The first-order valence-electron chi connectivity index (χ1n) is 10.4. The van der Waals surface area contributed by atoms with Gasteiger partial charge < -0.3 is 9.73 Å². The van der Waals surface area contributed by atoms with Crippen LogP contribution in [0, 0.1) is 6.92 Å². The van der Waals surface area contributed by atoms with Gasteiger partial charge in [-0.1, -0.05) is 57.9 Å². The third-order valence-electron chi connectivity index (χ3n) is 5.47. The molecule has 0 fully saturated rings. The lowest BCUT2D eigenvalue weighted by atomic mass is 10.1. The third-order valence-corrected chi connectivity index (χ3v) is 6.22. The van der Waals surface area contributed by atoms with E-state index in [2.05, 4.69) is 21.2 Å². The first kappa shape index (κ1) is 21.5. The van der Waals surface area contributed by atoms with Gasteiger partial charge >= 0.3 is 0 Å². The van der Waals surface area contributed by atoms with E-state index in [1.54, 1.807) is 0 Å². The Morgan fingerprint density at radius 3 is 2.61 bits per heavy atom. The number of carbonyl (C=O) groups is 1. The molecular weight excluding hydrogens is 502 g/mol. The second-order valence-electron chi connectivity index (χ2n) is 7.67. The van der Waals surface area contributed by atoms with E-state index >= 15 is 0 Å². The van der Waals surface area contributed by atoms with Crippen molar-refractivity contribution >= 4 is 44.4 Å². The van der Waals surface area contributed by atoms with Crippen LogP contribution in [0.1, 0.15) is 21.7 Å². The smallest absolute Gasteiger partial charge is 0.287 e. The fraction of sp³-hybridized carbons (Fsp3) is 0.0769. The quantitative estimate of drug-likeness (QED) is 0.273. The van der Waals surface area contributed by atoms with Gasteiger partial charge in [-0.15, -0.1) is 0 Å². The highest BCUT2D eigenvalue weighted by molar-refractivity contribution is 9.10. The number of amides is 1. The van der Waals surface area contributed by atoms with Crippen LogP contribution in [-0.4, -0.2) is 15.7 Å². The molecule has 1 amide bonds. The molecule has 0 bridgehead atoms. The number of para-hydroxylation sites is 1. The number of benzene rings is 3. The summed E-state index contributed by atoms with van der Waals surface area (Å²) in [6, 6.07) is 23.1. The Kier molecular flexibility index (Phi) is 5.79. The van der Waals surface area contributed by atoms with Gasteiger partial charge in [0.05, 0.1) is 11.4 Å². The number of nitrogens with one attached hydrogen (secondary N) is 1. The van der Waals surface area contributed by atoms with Gasteiger partial charge in [-0.05, 0) is 49.4 Å². The first-order valence-corrected chi connectivity index (χ1v) is 11.5. The van der Waals surface area contributed by atoms with Gasteiger partial charge in [0.15, 0.2) is 5.76 Å². The van der Waals surface area contributed by atoms with E-state index < -0.39 is 0 Å². The molecule has 5 rings (SSSR count). The Labute approximate surface area is 204 Å². The Balaban J connectivity index is 1.46. The molecular formula is C26H19BrClN3O2. The largest absolute Gasteiger partial charge is 0.451 e. The van der Waals surface area contributed by atoms with Crippen LogP contribution in [0.2, 0.25) is 5.02 Å². The van der Waals surface area contributed by atoms with E-state index in [0.717, 1.165) is 37.9 Å². The Bertz CT molecular complexity index is 1460. The summed E-state index contributed by atoms with van der Waals surface area (Å²) in [5.74, 6) is 0.0425. The van der Waals surface area contributed by atoms with E-state index in [-0.39, 0.29) is 5.91 Å². The van der Waals surface area contributed by atoms with Crippen LogP contribution in [0.3, 0.4) is 0 Å². The van der Waals surface area contributed by atoms with Gasteiger partial charge in [0, 0.05) is 44.3 Å². The van der Waals surface area contributed by atoms with Crippen LogP contribution in [0.15, 0.2) is 87.9 Å². The Morgan fingerprint density at radius 2 is 1.85 bits per heavy atom. The van der Waals surface area contributed by atoms with Crippen LogP contribution in [0.25, 0.3) is 27.9 Å². The molecule has 0 saturated carbocycles. The molecule has 0 saturated heterocycles. The lowest BCUT2D eigenvalue weighted by molar-refractivity contribution is 0.0924. The van der Waals surface area contributed by atoms with Crippen molar-refractivity contribution in [1.82, 2.24) is 15.1 Å². The Hall–Kier alpha value is -3.35. The minimum Gasteiger partial charge on any atom is -0.451 e. The Morgan fingerprint density at radius 1 is 1.09 bits per heavy atom. The normalized spacial score (nSPS) is 11.1. The molecule has 3 aromatic carbocycles. The molecule has 5 aromatic rings. The van der Waals surface area contributed by atoms with E-state index in [4.69, 9.17) is 21.1 Å². The first-order chi connectivity index (χ1) is 16.0. The molecule has 7 heteroatoms. The second kappa shape index (κ2) is 8.89. The third kappa shape index (κ3) is 4.32. The molecule has 33 heavy (non-hydrogen) atoms. The van der Waals surface area contributed by atoms with Gasteiger partial charge in [0.25, 0.3) is 5.91 Å². The molecule has 1 N–H and O–H groups in total. The highest BCUT2D eigenvalue weighted by atomic mass is 79.9. The van der Waals surface area contributed by atoms with Gasteiger partial charge in [-0.2, -0.15) is 5.10 Å². The maximum Gasteiger partial charge on any atom is 0.287 e. The number of furan rings is 1. The fourth-order valence-electron chi connectivity index (χ4n) is 3.77. The molecule has 0 unspecified atom stereocenters. The van der Waals surface area contributed by atoms with Gasteiger partial charge in [-0.3, -0.25) is 4.79 Å². The van der Waals surface area contributed by atoms with E-state index in [9.17, 15) is 4.79 Å². The summed E-state index contributed by atoms with van der Waals surface area (Å²) < 4.78 is 8.59. The average molecular weight is 521 g/mol. The van der Waals surface area contributed by atoms with Gasteiger partial charge in [0.1, 0.15) is 5.58 Å². The average Bonchev–Trinajstić information content (AvgIpc) is 3.40. The zero-order valence-electron chi connectivity index (χ0n) is 17.7. The van der Waals surface area contributed by atoms with Crippen molar-refractivity contribution in [2.75, 3.05) is 0 Å². The minimum atomic E-state index is -0.269. The van der Waals surface area contributed by atoms with Crippen molar-refractivity contribution in [3.8, 4) is 16.9 Å². The summed E-state index contributed by atoms with van der Waals surface area (Å²) in [4.78, 5) is 13.0. The molecule has 2 aromatic heterocycles. The maximum absolute atomic E-state index is 13.0. The molecule has 0 atom stereocenters. The monoisotopic (exact) mass is 519 g/mol. The van der Waals surface area contributed by atoms with E-state index in [1.165, 1.54) is 0 Å². The van der Waals surface area contributed by atoms with Crippen LogP contribution < -0.4 is 5.32 Å². The number of nitrogens with zero attached hydrogens (tertiary/aromatic N) is 2. The van der Waals surface area contributed by atoms with Gasteiger partial charge in [-0.25, -0.2) is 4.68 Å². The van der Waals surface area contributed by atoms with Crippen molar-refractivity contribution in [2.24, 2.45) is 0 Å². The molecule has 0 aliphatic rings. The molecule has 2 heterocycles. The molecule has 164 valence electrons. The van der Waals surface area contributed by atoms with Crippen LogP contribution >= 0.6 is 27.5 Å². The highest BCUT2D eigenvalue weighted by Crippen LogP contribution is 2.29. The van der Waals surface area contributed by atoms with E-state index in [1.807, 2.05) is 90.6 Å². The van der Waals surface area contributed by atoms with E-state index in [0.29, 0.717) is 22.9 Å². The summed E-state index contributed by atoms with van der Waals surface area (Å²) in [6.45, 7) is 2.18. The van der Waals surface area contributed by atoms with Crippen LogP contribution in [0.4, 0.5) is 0 Å². The number of fused-ring (bicyclic) bond motifs is 1. The predicted octanol–water partition coefficient (Wildman–Crippen LogP) is 6.94. The number of hydrogen-bond acceptors (Lipinski definition) is 3. The number of carbonyl (C=O) groups excluding carboxylic acids is 1. The summed E-state index contributed by atoms with van der Waals surface area (Å²) in [5.41, 5.74) is 5.00. The molecule has 0 radical (unpaired) electrons. The van der Waals surface area contributed by atoms with Crippen molar-refractivity contribution in [3.05, 3.63) is 105 Å². The summed E-state index contributed by atoms with van der Waals surface area (Å²) in [7, 11) is 0. The minimum absolute atomic E-state index is 0.269. The van der Waals surface area contributed by atoms with Crippen LogP contribution in [0.5, 0.6) is 0 Å².